The van der Waals surface area contributed by atoms with Crippen molar-refractivity contribution in [2.24, 2.45) is 0 Å². The summed E-state index contributed by atoms with van der Waals surface area (Å²) in [5, 5.41) is 0. The Balaban J connectivity index is 1.76. The summed E-state index contributed by atoms with van der Waals surface area (Å²) in [6.45, 7) is 2.18. The molecule has 1 atom stereocenters. The molecule has 8 heteroatoms. The number of rotatable bonds is 4. The molecule has 24 heavy (non-hydrogen) atoms. The van der Waals surface area contributed by atoms with Gasteiger partial charge in [-0.15, -0.1) is 0 Å². The molecule has 2 heterocycles. The molecule has 0 saturated carbocycles. The molecule has 1 fully saturated rings. The number of sulfonamides is 1. The van der Waals surface area contributed by atoms with Crippen molar-refractivity contribution in [1.29, 1.82) is 0 Å². The van der Waals surface area contributed by atoms with Crippen LogP contribution < -0.4 is 4.74 Å². The summed E-state index contributed by atoms with van der Waals surface area (Å²) in [6, 6.07) is 7.29. The van der Waals surface area contributed by atoms with Gasteiger partial charge < -0.3 is 4.74 Å². The van der Waals surface area contributed by atoms with Gasteiger partial charge in [-0.05, 0) is 65.2 Å². The van der Waals surface area contributed by atoms with Crippen molar-refractivity contribution in [3.05, 3.63) is 52.4 Å². The molecule has 0 radical (unpaired) electrons. The van der Waals surface area contributed by atoms with Crippen LogP contribution in [0.4, 0.5) is 4.39 Å². The number of pyridine rings is 1. The Labute approximate surface area is 148 Å². The number of hydrogen-bond donors (Lipinski definition) is 0. The molecule has 0 amide bonds. The zero-order valence-electron chi connectivity index (χ0n) is 12.9. The van der Waals surface area contributed by atoms with Crippen LogP contribution in [0.15, 0.2) is 45.9 Å². The zero-order valence-corrected chi connectivity index (χ0v) is 15.3. The summed E-state index contributed by atoms with van der Waals surface area (Å²) in [5.41, 5.74) is 0.395. The SMILES string of the molecule is Cc1cc(F)ccc1S(=O)(=O)N1CCC(Oc2ncccc2Br)C1. The average molecular weight is 415 g/mol. The number of nitrogens with zero attached hydrogens (tertiary/aromatic N) is 2. The van der Waals surface area contributed by atoms with Gasteiger partial charge in [0.25, 0.3) is 0 Å². The Kier molecular flexibility index (Phi) is 4.89. The fourth-order valence-corrected chi connectivity index (χ4v) is 4.71. The number of halogens is 2. The highest BCUT2D eigenvalue weighted by Gasteiger charge is 2.34. The molecule has 1 aliphatic rings. The van der Waals surface area contributed by atoms with E-state index in [1.54, 1.807) is 19.2 Å². The monoisotopic (exact) mass is 414 g/mol. The van der Waals surface area contributed by atoms with Gasteiger partial charge in [0, 0.05) is 12.7 Å². The number of ether oxygens (including phenoxy) is 1. The van der Waals surface area contributed by atoms with Gasteiger partial charge >= 0.3 is 0 Å². The van der Waals surface area contributed by atoms with Crippen LogP contribution in [0.5, 0.6) is 5.88 Å². The lowest BCUT2D eigenvalue weighted by molar-refractivity contribution is 0.205. The van der Waals surface area contributed by atoms with Crippen LogP contribution in [0.2, 0.25) is 0 Å². The van der Waals surface area contributed by atoms with Gasteiger partial charge in [0.15, 0.2) is 0 Å². The number of hydrogen-bond acceptors (Lipinski definition) is 4. The highest BCUT2D eigenvalue weighted by Crippen LogP contribution is 2.28. The van der Waals surface area contributed by atoms with Gasteiger partial charge in [-0.3, -0.25) is 0 Å². The average Bonchev–Trinajstić information content (AvgIpc) is 2.98. The van der Waals surface area contributed by atoms with Gasteiger partial charge in [-0.25, -0.2) is 17.8 Å². The lowest BCUT2D eigenvalue weighted by atomic mass is 10.2. The second kappa shape index (κ2) is 6.78. The van der Waals surface area contributed by atoms with Gasteiger partial charge in [-0.1, -0.05) is 0 Å². The smallest absolute Gasteiger partial charge is 0.243 e. The van der Waals surface area contributed by atoms with E-state index in [-0.39, 0.29) is 17.5 Å². The lowest BCUT2D eigenvalue weighted by Crippen LogP contribution is -2.31. The Bertz CT molecular complexity index is 860. The van der Waals surface area contributed by atoms with E-state index in [1.807, 2.05) is 6.07 Å². The van der Waals surface area contributed by atoms with E-state index in [0.29, 0.717) is 24.4 Å². The highest BCUT2D eigenvalue weighted by atomic mass is 79.9. The Morgan fingerprint density at radius 2 is 2.17 bits per heavy atom. The minimum atomic E-state index is -3.67. The molecule has 3 rings (SSSR count). The zero-order chi connectivity index (χ0) is 17.3. The molecule has 1 aromatic heterocycles. The maximum absolute atomic E-state index is 13.2. The summed E-state index contributed by atoms with van der Waals surface area (Å²) in [5.74, 6) is -0.00575. The minimum Gasteiger partial charge on any atom is -0.472 e. The van der Waals surface area contributed by atoms with E-state index >= 15 is 0 Å². The molecule has 1 aliphatic heterocycles. The van der Waals surface area contributed by atoms with E-state index < -0.39 is 15.8 Å². The van der Waals surface area contributed by atoms with Crippen LogP contribution >= 0.6 is 15.9 Å². The van der Waals surface area contributed by atoms with Crippen molar-refractivity contribution in [2.75, 3.05) is 13.1 Å². The molecule has 0 bridgehead atoms. The predicted octanol–water partition coefficient (Wildman–Crippen LogP) is 3.13. The standard InChI is InChI=1S/C16H16BrFN2O3S/c1-11-9-12(18)4-5-15(11)24(21,22)20-8-6-13(10-20)23-16-14(17)3-2-7-19-16/h2-5,7,9,13H,6,8,10H2,1H3. The van der Waals surface area contributed by atoms with Crippen LogP contribution in [0.3, 0.4) is 0 Å². The maximum Gasteiger partial charge on any atom is 0.243 e. The van der Waals surface area contributed by atoms with Crippen LogP contribution in [0.25, 0.3) is 0 Å². The largest absolute Gasteiger partial charge is 0.472 e. The highest BCUT2D eigenvalue weighted by molar-refractivity contribution is 9.10. The first-order valence-electron chi connectivity index (χ1n) is 7.41. The molecule has 128 valence electrons. The third-order valence-corrected chi connectivity index (χ3v) is 6.49. The summed E-state index contributed by atoms with van der Waals surface area (Å²) < 4.78 is 46.6. The summed E-state index contributed by atoms with van der Waals surface area (Å²) in [6.07, 6.45) is 1.92. The topological polar surface area (TPSA) is 59.5 Å². The molecule has 5 nitrogen and oxygen atoms in total. The molecule has 1 unspecified atom stereocenters. The van der Waals surface area contributed by atoms with Gasteiger partial charge in [0.05, 0.1) is 15.9 Å². The van der Waals surface area contributed by atoms with Crippen molar-refractivity contribution in [3.8, 4) is 5.88 Å². The first-order chi connectivity index (χ1) is 11.4. The van der Waals surface area contributed by atoms with Crippen molar-refractivity contribution in [1.82, 2.24) is 9.29 Å². The molecular formula is C16H16BrFN2O3S. The van der Waals surface area contributed by atoms with Crippen LogP contribution in [-0.4, -0.2) is 36.9 Å². The molecule has 0 aliphatic carbocycles. The summed E-state index contributed by atoms with van der Waals surface area (Å²) in [4.78, 5) is 4.26. The van der Waals surface area contributed by atoms with E-state index in [4.69, 9.17) is 4.74 Å². The third kappa shape index (κ3) is 3.45. The molecule has 1 saturated heterocycles. The maximum atomic E-state index is 13.2. The molecule has 1 aromatic carbocycles. The number of aryl methyl sites for hydroxylation is 1. The van der Waals surface area contributed by atoms with E-state index in [0.717, 1.165) is 10.5 Å². The van der Waals surface area contributed by atoms with Gasteiger partial charge in [0.2, 0.25) is 15.9 Å². The molecule has 0 spiro atoms. The number of aromatic nitrogens is 1. The quantitative estimate of drug-likeness (QED) is 0.770. The first-order valence-corrected chi connectivity index (χ1v) is 9.65. The summed E-state index contributed by atoms with van der Waals surface area (Å²) in [7, 11) is -3.67. The normalized spacial score (nSPS) is 18.7. The van der Waals surface area contributed by atoms with Crippen molar-refractivity contribution in [2.45, 2.75) is 24.3 Å². The second-order valence-electron chi connectivity index (χ2n) is 5.59. The lowest BCUT2D eigenvalue weighted by Gasteiger charge is -2.18. The van der Waals surface area contributed by atoms with E-state index in [1.165, 1.54) is 16.4 Å². The van der Waals surface area contributed by atoms with Crippen LogP contribution in [-0.2, 0) is 10.0 Å². The fraction of sp³-hybridized carbons (Fsp3) is 0.312. The van der Waals surface area contributed by atoms with E-state index in [2.05, 4.69) is 20.9 Å². The van der Waals surface area contributed by atoms with E-state index in [9.17, 15) is 12.8 Å². The Hall–Kier alpha value is -1.51. The van der Waals surface area contributed by atoms with Gasteiger partial charge in [-0.2, -0.15) is 4.31 Å². The Morgan fingerprint density at radius 3 is 2.88 bits per heavy atom. The molecular weight excluding hydrogens is 399 g/mol. The van der Waals surface area contributed by atoms with Crippen LogP contribution in [0.1, 0.15) is 12.0 Å². The predicted molar refractivity (Wildman–Crippen MR) is 90.9 cm³/mol. The third-order valence-electron chi connectivity index (χ3n) is 3.87. The number of benzene rings is 1. The van der Waals surface area contributed by atoms with Crippen LogP contribution in [0, 0.1) is 12.7 Å². The van der Waals surface area contributed by atoms with Crippen molar-refractivity contribution < 1.29 is 17.5 Å². The van der Waals surface area contributed by atoms with Crippen molar-refractivity contribution >= 4 is 26.0 Å². The first kappa shape index (κ1) is 17.3. The van der Waals surface area contributed by atoms with Gasteiger partial charge in [0.1, 0.15) is 11.9 Å². The van der Waals surface area contributed by atoms with Crippen molar-refractivity contribution in [3.63, 3.8) is 0 Å². The molecule has 2 aromatic rings. The second-order valence-corrected chi connectivity index (χ2v) is 8.35. The Morgan fingerprint density at radius 1 is 1.38 bits per heavy atom. The summed E-state index contributed by atoms with van der Waals surface area (Å²) >= 11 is 3.36. The fourth-order valence-electron chi connectivity index (χ4n) is 2.67. The minimum absolute atomic E-state index is 0.128. The molecule has 0 N–H and O–H groups in total.